The first-order valence-corrected chi connectivity index (χ1v) is 10.5. The smallest absolute Gasteiger partial charge is 0.423 e. The number of urea groups is 1. The number of amidine groups is 1. The zero-order chi connectivity index (χ0) is 26.7. The topological polar surface area (TPSA) is 126 Å². The van der Waals surface area contributed by atoms with Gasteiger partial charge in [-0.3, -0.25) is 23.8 Å². The molecule has 1 heterocycles. The number of carbonyl (C=O) groups excluding carboxylic acids is 5. The van der Waals surface area contributed by atoms with Crippen LogP contribution in [0.1, 0.15) is 24.2 Å². The van der Waals surface area contributed by atoms with E-state index in [2.05, 4.69) is 4.99 Å². The largest absolute Gasteiger partial charge is 0.427 e. The van der Waals surface area contributed by atoms with Crippen LogP contribution in [-0.2, 0) is 14.4 Å². The molecule has 3 rings (SSSR count). The predicted octanol–water partition coefficient (Wildman–Crippen LogP) is 2.03. The van der Waals surface area contributed by atoms with Crippen molar-refractivity contribution in [3.8, 4) is 11.5 Å². The molecule has 0 atom stereocenters. The first-order valence-electron chi connectivity index (χ1n) is 10.5. The number of ether oxygens (including phenoxy) is 2. The van der Waals surface area contributed by atoms with Gasteiger partial charge in [0, 0.05) is 32.5 Å². The van der Waals surface area contributed by atoms with E-state index < -0.39 is 35.6 Å². The molecule has 0 aromatic heterocycles. The van der Waals surface area contributed by atoms with Gasteiger partial charge in [0.1, 0.15) is 23.0 Å². The zero-order valence-corrected chi connectivity index (χ0v) is 20.1. The third-order valence-corrected chi connectivity index (χ3v) is 4.78. The van der Waals surface area contributed by atoms with Crippen LogP contribution in [-0.4, -0.2) is 71.9 Å². The van der Waals surface area contributed by atoms with Crippen molar-refractivity contribution in [3.05, 3.63) is 53.8 Å². The van der Waals surface area contributed by atoms with Crippen LogP contribution in [0.2, 0.25) is 0 Å². The number of rotatable bonds is 4. The van der Waals surface area contributed by atoms with Gasteiger partial charge >= 0.3 is 23.8 Å². The summed E-state index contributed by atoms with van der Waals surface area (Å²) in [5, 5.41) is 0. The average molecular weight is 497 g/mol. The number of imide groups is 1. The molecule has 2 aromatic carbocycles. The molecule has 1 fully saturated rings. The summed E-state index contributed by atoms with van der Waals surface area (Å²) in [5.41, 5.74) is -0.293. The molecule has 0 radical (unpaired) electrons. The van der Waals surface area contributed by atoms with Gasteiger partial charge < -0.3 is 9.47 Å². The molecular formula is C24H22FN4O7+. The van der Waals surface area contributed by atoms with Crippen LogP contribution in [0, 0.1) is 5.82 Å². The summed E-state index contributed by atoms with van der Waals surface area (Å²) in [7, 11) is 4.30. The molecule has 0 aliphatic carbocycles. The zero-order valence-electron chi connectivity index (χ0n) is 20.1. The molecule has 0 bridgehead atoms. The summed E-state index contributed by atoms with van der Waals surface area (Å²) < 4.78 is 24.9. The summed E-state index contributed by atoms with van der Waals surface area (Å²) >= 11 is 0. The second-order valence-corrected chi connectivity index (χ2v) is 7.82. The fourth-order valence-electron chi connectivity index (χ4n) is 3.33. The highest BCUT2D eigenvalue weighted by atomic mass is 19.1. The van der Waals surface area contributed by atoms with Crippen LogP contribution >= 0.6 is 0 Å². The van der Waals surface area contributed by atoms with Gasteiger partial charge in [-0.1, -0.05) is 0 Å². The maximum absolute atomic E-state index is 13.5. The van der Waals surface area contributed by atoms with E-state index in [1.807, 2.05) is 0 Å². The first kappa shape index (κ1) is 25.9. The SMILES string of the molecule is CC(=O)Oc1cc(OC(C)=O)cc(C(=O)N=C2C(=O)N(C)C(=O)N(c3ccc(F)cc3)C2=[N+](C)C)c1. The molecular weight excluding hydrogens is 475 g/mol. The van der Waals surface area contributed by atoms with Gasteiger partial charge in [-0.15, -0.1) is 4.90 Å². The molecule has 1 saturated heterocycles. The highest BCUT2D eigenvalue weighted by Crippen LogP contribution is 2.25. The maximum Gasteiger partial charge on any atom is 0.423 e. The maximum atomic E-state index is 13.5. The van der Waals surface area contributed by atoms with Gasteiger partial charge in [-0.2, -0.15) is 4.99 Å². The molecule has 0 saturated carbocycles. The number of halogens is 1. The van der Waals surface area contributed by atoms with Crippen molar-refractivity contribution < 1.29 is 42.4 Å². The number of esters is 2. The van der Waals surface area contributed by atoms with Gasteiger partial charge in [0.25, 0.3) is 11.8 Å². The molecule has 11 nitrogen and oxygen atoms in total. The van der Waals surface area contributed by atoms with Crippen molar-refractivity contribution in [2.24, 2.45) is 4.99 Å². The third-order valence-electron chi connectivity index (χ3n) is 4.78. The minimum absolute atomic E-state index is 0.0283. The third kappa shape index (κ3) is 5.49. The van der Waals surface area contributed by atoms with E-state index in [1.165, 1.54) is 56.1 Å². The number of benzene rings is 2. The minimum Gasteiger partial charge on any atom is -0.427 e. The molecule has 0 N–H and O–H groups in total. The monoisotopic (exact) mass is 497 g/mol. The number of hydrogen-bond acceptors (Lipinski definition) is 7. The lowest BCUT2D eigenvalue weighted by atomic mass is 10.1. The molecule has 0 spiro atoms. The average Bonchev–Trinajstić information content (AvgIpc) is 2.78. The van der Waals surface area contributed by atoms with E-state index >= 15 is 0 Å². The van der Waals surface area contributed by atoms with Crippen LogP contribution in [0.25, 0.3) is 0 Å². The van der Waals surface area contributed by atoms with Crippen molar-refractivity contribution >= 4 is 47.0 Å². The standard InChI is InChI=1S/C24H22FN4O7/c1-13(30)35-18-10-15(11-19(12-18)36-14(2)31)21(32)26-20-22(27(3)4)29(24(34)28(5)23(20)33)17-8-6-16(25)7-9-17/h6-12H,1-5H3/q+1. The van der Waals surface area contributed by atoms with Crippen molar-refractivity contribution in [2.45, 2.75) is 13.8 Å². The van der Waals surface area contributed by atoms with Crippen molar-refractivity contribution in [2.75, 3.05) is 26.0 Å². The van der Waals surface area contributed by atoms with Crippen LogP contribution < -0.4 is 14.4 Å². The van der Waals surface area contributed by atoms with E-state index in [-0.39, 0.29) is 34.3 Å². The van der Waals surface area contributed by atoms with Gasteiger partial charge in [-0.05, 0) is 36.4 Å². The lowest BCUT2D eigenvalue weighted by Gasteiger charge is -2.28. The van der Waals surface area contributed by atoms with Crippen molar-refractivity contribution in [1.29, 1.82) is 0 Å². The van der Waals surface area contributed by atoms with E-state index in [4.69, 9.17) is 9.47 Å². The second-order valence-electron chi connectivity index (χ2n) is 7.82. The highest BCUT2D eigenvalue weighted by molar-refractivity contribution is 6.73. The summed E-state index contributed by atoms with van der Waals surface area (Å²) in [4.78, 5) is 67.8. The number of anilines is 1. The Balaban J connectivity index is 2.14. The van der Waals surface area contributed by atoms with Crippen molar-refractivity contribution in [3.63, 3.8) is 0 Å². The lowest BCUT2D eigenvalue weighted by Crippen LogP contribution is -2.61. The Kier molecular flexibility index (Phi) is 7.37. The Labute approximate surface area is 205 Å². The fourth-order valence-corrected chi connectivity index (χ4v) is 3.33. The normalized spacial score (nSPS) is 14.7. The molecule has 186 valence electrons. The Bertz CT molecular complexity index is 1310. The molecule has 12 heteroatoms. The fraction of sp³-hybridized carbons (Fsp3) is 0.208. The number of amides is 4. The van der Waals surface area contributed by atoms with E-state index in [0.29, 0.717) is 0 Å². The minimum atomic E-state index is -0.943. The van der Waals surface area contributed by atoms with Gasteiger partial charge in [-0.25, -0.2) is 14.1 Å². The second kappa shape index (κ2) is 10.3. The van der Waals surface area contributed by atoms with Crippen LogP contribution in [0.3, 0.4) is 0 Å². The molecule has 2 aromatic rings. The Hall–Kier alpha value is -4.74. The number of carbonyl (C=O) groups is 5. The molecule has 0 unspecified atom stereocenters. The highest BCUT2D eigenvalue weighted by Gasteiger charge is 2.48. The number of nitrogens with zero attached hydrogens (tertiary/aromatic N) is 4. The lowest BCUT2D eigenvalue weighted by molar-refractivity contribution is -0.463. The van der Waals surface area contributed by atoms with Crippen LogP contribution in [0.15, 0.2) is 47.5 Å². The molecule has 1 aliphatic rings. The Morgan fingerprint density at radius 2 is 1.44 bits per heavy atom. The first-order chi connectivity index (χ1) is 16.9. The molecule has 4 amide bonds. The van der Waals surface area contributed by atoms with Crippen LogP contribution in [0.5, 0.6) is 11.5 Å². The van der Waals surface area contributed by atoms with E-state index in [0.717, 1.165) is 35.8 Å². The predicted molar refractivity (Wildman–Crippen MR) is 125 cm³/mol. The summed E-state index contributed by atoms with van der Waals surface area (Å²) in [6, 6.07) is 7.85. The molecule has 36 heavy (non-hydrogen) atoms. The summed E-state index contributed by atoms with van der Waals surface area (Å²) in [6.45, 7) is 2.30. The summed E-state index contributed by atoms with van der Waals surface area (Å²) in [6.07, 6.45) is 0. The van der Waals surface area contributed by atoms with Gasteiger partial charge in [0.15, 0.2) is 0 Å². The Morgan fingerprint density at radius 1 is 0.917 bits per heavy atom. The van der Waals surface area contributed by atoms with Gasteiger partial charge in [0.05, 0.1) is 14.1 Å². The van der Waals surface area contributed by atoms with Crippen molar-refractivity contribution in [1.82, 2.24) is 4.90 Å². The number of hydrogen-bond donors (Lipinski definition) is 0. The quantitative estimate of drug-likeness (QED) is 0.359. The van der Waals surface area contributed by atoms with E-state index in [9.17, 15) is 28.4 Å². The Morgan fingerprint density at radius 3 is 1.92 bits per heavy atom. The molecule has 1 aliphatic heterocycles. The number of aliphatic imine (C=N–C) groups is 1. The van der Waals surface area contributed by atoms with Gasteiger partial charge in [0.2, 0.25) is 5.71 Å². The van der Waals surface area contributed by atoms with E-state index in [1.54, 1.807) is 0 Å². The summed E-state index contributed by atoms with van der Waals surface area (Å²) in [5.74, 6) is -3.89. The van der Waals surface area contributed by atoms with Crippen LogP contribution in [0.4, 0.5) is 14.9 Å².